The number of carbonyl (C=O) groups excluding carboxylic acids is 1. The van der Waals surface area contributed by atoms with Crippen molar-refractivity contribution in [2.45, 2.75) is 25.5 Å². The number of nitrogens with zero attached hydrogens (tertiary/aromatic N) is 3. The molecule has 1 aliphatic rings. The SMILES string of the molecule is COc1ccc(CN(C[C@H]2CCCO2)C(=O)c2ccc3c(c2)ncn3C)cc1. The van der Waals surface area contributed by atoms with Gasteiger partial charge in [0.25, 0.3) is 5.91 Å². The second-order valence-corrected chi connectivity index (χ2v) is 7.23. The first-order valence-corrected chi connectivity index (χ1v) is 9.59. The molecule has 1 fully saturated rings. The summed E-state index contributed by atoms with van der Waals surface area (Å²) in [6.45, 7) is 1.89. The highest BCUT2D eigenvalue weighted by atomic mass is 16.5. The molecule has 0 unspecified atom stereocenters. The van der Waals surface area contributed by atoms with Crippen LogP contribution in [0.4, 0.5) is 0 Å². The molecule has 6 nitrogen and oxygen atoms in total. The normalized spacial score (nSPS) is 16.4. The first-order chi connectivity index (χ1) is 13.6. The van der Waals surface area contributed by atoms with E-state index in [-0.39, 0.29) is 12.0 Å². The molecule has 0 bridgehead atoms. The van der Waals surface area contributed by atoms with Crippen LogP contribution >= 0.6 is 0 Å². The molecule has 2 heterocycles. The van der Waals surface area contributed by atoms with Gasteiger partial charge in [0.2, 0.25) is 0 Å². The third-order valence-electron chi connectivity index (χ3n) is 5.24. The van der Waals surface area contributed by atoms with Gasteiger partial charge in [-0.25, -0.2) is 4.98 Å². The molecule has 6 heteroatoms. The van der Waals surface area contributed by atoms with Gasteiger partial charge in [0.05, 0.1) is 30.6 Å². The largest absolute Gasteiger partial charge is 0.497 e. The van der Waals surface area contributed by atoms with Crippen LogP contribution in [0.15, 0.2) is 48.8 Å². The Morgan fingerprint density at radius 2 is 2.11 bits per heavy atom. The van der Waals surface area contributed by atoms with Gasteiger partial charge in [0.15, 0.2) is 0 Å². The van der Waals surface area contributed by atoms with Crippen LogP contribution in [0, 0.1) is 0 Å². The van der Waals surface area contributed by atoms with E-state index in [9.17, 15) is 4.79 Å². The van der Waals surface area contributed by atoms with Crippen LogP contribution in [0.2, 0.25) is 0 Å². The maximum Gasteiger partial charge on any atom is 0.254 e. The van der Waals surface area contributed by atoms with E-state index in [0.717, 1.165) is 41.8 Å². The van der Waals surface area contributed by atoms with Crippen molar-refractivity contribution in [2.75, 3.05) is 20.3 Å². The molecule has 146 valence electrons. The molecule has 2 aromatic carbocycles. The molecule has 0 spiro atoms. The summed E-state index contributed by atoms with van der Waals surface area (Å²) in [6.07, 6.45) is 3.90. The van der Waals surface area contributed by atoms with E-state index in [1.54, 1.807) is 13.4 Å². The summed E-state index contributed by atoms with van der Waals surface area (Å²) < 4.78 is 13.0. The number of benzene rings is 2. The number of rotatable bonds is 6. The second kappa shape index (κ2) is 8.02. The Morgan fingerprint density at radius 3 is 2.82 bits per heavy atom. The molecule has 1 aliphatic heterocycles. The quantitative estimate of drug-likeness (QED) is 0.659. The average Bonchev–Trinajstić information content (AvgIpc) is 3.37. The number of amides is 1. The van der Waals surface area contributed by atoms with Crippen molar-refractivity contribution in [3.63, 3.8) is 0 Å². The van der Waals surface area contributed by atoms with Crippen LogP contribution < -0.4 is 4.74 Å². The molecular weight excluding hydrogens is 354 g/mol. The lowest BCUT2D eigenvalue weighted by Crippen LogP contribution is -2.37. The van der Waals surface area contributed by atoms with Gasteiger partial charge < -0.3 is 18.9 Å². The van der Waals surface area contributed by atoms with Crippen LogP contribution in [0.3, 0.4) is 0 Å². The minimum absolute atomic E-state index is 0.00105. The van der Waals surface area contributed by atoms with Crippen molar-refractivity contribution < 1.29 is 14.3 Å². The van der Waals surface area contributed by atoms with Gasteiger partial charge in [0, 0.05) is 32.3 Å². The van der Waals surface area contributed by atoms with Crippen molar-refractivity contribution in [3.8, 4) is 5.75 Å². The number of ether oxygens (including phenoxy) is 2. The minimum atomic E-state index is -0.00105. The van der Waals surface area contributed by atoms with Gasteiger partial charge in [-0.1, -0.05) is 12.1 Å². The molecule has 0 saturated carbocycles. The fourth-order valence-electron chi connectivity index (χ4n) is 3.66. The lowest BCUT2D eigenvalue weighted by atomic mass is 10.1. The van der Waals surface area contributed by atoms with Gasteiger partial charge in [-0.15, -0.1) is 0 Å². The molecule has 4 rings (SSSR count). The van der Waals surface area contributed by atoms with E-state index < -0.39 is 0 Å². The average molecular weight is 379 g/mol. The van der Waals surface area contributed by atoms with Crippen molar-refractivity contribution in [2.24, 2.45) is 7.05 Å². The van der Waals surface area contributed by atoms with Gasteiger partial charge in [0.1, 0.15) is 5.75 Å². The Kier molecular flexibility index (Phi) is 5.30. The molecule has 28 heavy (non-hydrogen) atoms. The summed E-state index contributed by atoms with van der Waals surface area (Å²) >= 11 is 0. The van der Waals surface area contributed by atoms with E-state index >= 15 is 0 Å². The standard InChI is InChI=1S/C22H25N3O3/c1-24-15-23-20-12-17(7-10-21(20)24)22(26)25(14-19-4-3-11-28-19)13-16-5-8-18(27-2)9-6-16/h5-10,12,15,19H,3-4,11,13-14H2,1-2H3/t19-/m1/s1. The van der Waals surface area contributed by atoms with Crippen molar-refractivity contribution in [1.82, 2.24) is 14.5 Å². The fraction of sp³-hybridized carbons (Fsp3) is 0.364. The number of fused-ring (bicyclic) bond motifs is 1. The van der Waals surface area contributed by atoms with Crippen molar-refractivity contribution >= 4 is 16.9 Å². The first kappa shape index (κ1) is 18.5. The molecule has 3 aromatic rings. The molecule has 0 radical (unpaired) electrons. The van der Waals surface area contributed by atoms with Crippen LogP contribution in [0.1, 0.15) is 28.8 Å². The van der Waals surface area contributed by atoms with Gasteiger partial charge in [-0.3, -0.25) is 4.79 Å². The number of methoxy groups -OCH3 is 1. The maximum absolute atomic E-state index is 13.3. The van der Waals surface area contributed by atoms with Crippen molar-refractivity contribution in [1.29, 1.82) is 0 Å². The molecule has 1 saturated heterocycles. The number of aromatic nitrogens is 2. The van der Waals surface area contributed by atoms with E-state index in [1.165, 1.54) is 0 Å². The summed E-state index contributed by atoms with van der Waals surface area (Å²) in [7, 11) is 3.60. The van der Waals surface area contributed by atoms with E-state index in [4.69, 9.17) is 9.47 Å². The number of carbonyl (C=O) groups is 1. The second-order valence-electron chi connectivity index (χ2n) is 7.23. The first-order valence-electron chi connectivity index (χ1n) is 9.59. The summed E-state index contributed by atoms with van der Waals surface area (Å²) in [5, 5.41) is 0. The van der Waals surface area contributed by atoms with E-state index in [1.807, 2.05) is 59.0 Å². The molecule has 0 aliphatic carbocycles. The highest BCUT2D eigenvalue weighted by molar-refractivity contribution is 5.97. The Morgan fingerprint density at radius 1 is 1.29 bits per heavy atom. The zero-order chi connectivity index (χ0) is 19.5. The lowest BCUT2D eigenvalue weighted by molar-refractivity contribution is 0.0507. The van der Waals surface area contributed by atoms with E-state index in [2.05, 4.69) is 4.98 Å². The third kappa shape index (κ3) is 3.87. The zero-order valence-electron chi connectivity index (χ0n) is 16.3. The van der Waals surface area contributed by atoms with Crippen LogP contribution in [0.5, 0.6) is 5.75 Å². The Hall–Kier alpha value is -2.86. The number of hydrogen-bond donors (Lipinski definition) is 0. The highest BCUT2D eigenvalue weighted by Gasteiger charge is 2.24. The van der Waals surface area contributed by atoms with E-state index in [0.29, 0.717) is 18.7 Å². The smallest absolute Gasteiger partial charge is 0.254 e. The third-order valence-corrected chi connectivity index (χ3v) is 5.24. The van der Waals surface area contributed by atoms with Crippen LogP contribution in [-0.2, 0) is 18.3 Å². The number of hydrogen-bond acceptors (Lipinski definition) is 4. The van der Waals surface area contributed by atoms with Gasteiger partial charge >= 0.3 is 0 Å². The van der Waals surface area contributed by atoms with Gasteiger partial charge in [-0.05, 0) is 48.7 Å². The highest BCUT2D eigenvalue weighted by Crippen LogP contribution is 2.20. The molecule has 0 N–H and O–H groups in total. The molecular formula is C22H25N3O3. The molecule has 1 amide bonds. The fourth-order valence-corrected chi connectivity index (χ4v) is 3.66. The Balaban J connectivity index is 1.59. The number of aryl methyl sites for hydroxylation is 1. The van der Waals surface area contributed by atoms with Gasteiger partial charge in [-0.2, -0.15) is 0 Å². The van der Waals surface area contributed by atoms with Crippen LogP contribution in [0.25, 0.3) is 11.0 Å². The lowest BCUT2D eigenvalue weighted by Gasteiger charge is -2.26. The summed E-state index contributed by atoms with van der Waals surface area (Å²) in [5.74, 6) is 0.806. The van der Waals surface area contributed by atoms with Crippen molar-refractivity contribution in [3.05, 3.63) is 59.9 Å². The predicted molar refractivity (Wildman–Crippen MR) is 107 cm³/mol. The number of imidazole rings is 1. The zero-order valence-corrected chi connectivity index (χ0v) is 16.3. The Bertz CT molecular complexity index is 959. The molecule has 1 atom stereocenters. The Labute approximate surface area is 164 Å². The minimum Gasteiger partial charge on any atom is -0.497 e. The summed E-state index contributed by atoms with van der Waals surface area (Å²) in [4.78, 5) is 19.6. The van der Waals surface area contributed by atoms with Crippen LogP contribution in [-0.4, -0.2) is 46.7 Å². The molecule has 1 aromatic heterocycles. The summed E-state index contributed by atoms with van der Waals surface area (Å²) in [5.41, 5.74) is 3.55. The predicted octanol–water partition coefficient (Wildman–Crippen LogP) is 3.40. The topological polar surface area (TPSA) is 56.6 Å². The monoisotopic (exact) mass is 379 g/mol. The summed E-state index contributed by atoms with van der Waals surface area (Å²) in [6, 6.07) is 13.5. The maximum atomic E-state index is 13.3.